The zero-order chi connectivity index (χ0) is 42.4. The highest BCUT2D eigenvalue weighted by molar-refractivity contribution is 6.74. The van der Waals surface area contributed by atoms with Gasteiger partial charge in [0.1, 0.15) is 11.9 Å². The van der Waals surface area contributed by atoms with Gasteiger partial charge in [-0.2, -0.15) is 0 Å². The van der Waals surface area contributed by atoms with Gasteiger partial charge in [0.15, 0.2) is 8.32 Å². The first-order chi connectivity index (χ1) is 28.8. The van der Waals surface area contributed by atoms with Gasteiger partial charge in [0.2, 0.25) is 5.56 Å². The first-order valence-corrected chi connectivity index (χ1v) is 24.2. The van der Waals surface area contributed by atoms with E-state index in [-0.39, 0.29) is 34.5 Å². The van der Waals surface area contributed by atoms with Gasteiger partial charge < -0.3 is 34.4 Å². The Kier molecular flexibility index (Phi) is 13.2. The molecule has 2 aliphatic heterocycles. The number of piperidine rings is 1. The fraction of sp³-hybridized carbons (Fsp3) is 0.396. The summed E-state index contributed by atoms with van der Waals surface area (Å²) in [5.41, 5.74) is 6.84. The van der Waals surface area contributed by atoms with Crippen LogP contribution >= 0.6 is 0 Å². The molecule has 4 aromatic carbocycles. The third-order valence-corrected chi connectivity index (χ3v) is 17.0. The SMILES string of the molecule is CC(C)(C)[Si](C)(C)O[C@@H](CNCCc1ccc2c(c1)CCN(CCN1CCC(OC(=O)Nc3ccccc3-c3ccccc3)CC1)C2=O)c1ccc(O)c2[nH]c(=O)ccc12. The molecule has 0 unspecified atom stereocenters. The number of rotatable bonds is 14. The number of fused-ring (bicyclic) bond motifs is 2. The quantitative estimate of drug-likeness (QED) is 0.0647. The van der Waals surface area contributed by atoms with Crippen LogP contribution in [0.3, 0.4) is 0 Å². The maximum atomic E-state index is 13.6. The molecule has 60 heavy (non-hydrogen) atoms. The molecule has 0 radical (unpaired) electrons. The highest BCUT2D eigenvalue weighted by atomic mass is 28.4. The number of hydrogen-bond acceptors (Lipinski definition) is 8. The molecule has 1 atom stereocenters. The molecule has 0 bridgehead atoms. The van der Waals surface area contributed by atoms with Crippen LogP contribution in [0.25, 0.3) is 22.0 Å². The molecular weight excluding hydrogens is 771 g/mol. The van der Waals surface area contributed by atoms with Crippen LogP contribution in [0.2, 0.25) is 18.1 Å². The van der Waals surface area contributed by atoms with Crippen molar-refractivity contribution in [3.63, 3.8) is 0 Å². The Balaban J connectivity index is 0.876. The number of aromatic amines is 1. The van der Waals surface area contributed by atoms with Gasteiger partial charge in [-0.1, -0.05) is 87.5 Å². The van der Waals surface area contributed by atoms with E-state index in [4.69, 9.17) is 9.16 Å². The summed E-state index contributed by atoms with van der Waals surface area (Å²) >= 11 is 0. The van der Waals surface area contributed by atoms with Crippen molar-refractivity contribution in [3.05, 3.63) is 130 Å². The van der Waals surface area contributed by atoms with Crippen molar-refractivity contribution in [3.8, 4) is 16.9 Å². The van der Waals surface area contributed by atoms with Crippen LogP contribution in [0, 0.1) is 0 Å². The van der Waals surface area contributed by atoms with E-state index >= 15 is 0 Å². The van der Waals surface area contributed by atoms with E-state index in [0.29, 0.717) is 25.2 Å². The molecule has 0 aliphatic carbocycles. The van der Waals surface area contributed by atoms with Crippen LogP contribution in [0.5, 0.6) is 5.75 Å². The minimum absolute atomic E-state index is 0.00631. The molecule has 316 valence electrons. The lowest BCUT2D eigenvalue weighted by Gasteiger charge is -2.39. The molecule has 2 aliphatic rings. The number of aromatic hydroxyl groups is 1. The number of pyridine rings is 1. The van der Waals surface area contributed by atoms with Gasteiger partial charge in [0.25, 0.3) is 5.91 Å². The fourth-order valence-electron chi connectivity index (χ4n) is 7.98. The third kappa shape index (κ3) is 10.2. The Labute approximate surface area is 354 Å². The van der Waals surface area contributed by atoms with Gasteiger partial charge in [-0.15, -0.1) is 0 Å². The second-order valence-corrected chi connectivity index (χ2v) is 22.4. The number of carbonyl (C=O) groups is 2. The number of phenols is 1. The van der Waals surface area contributed by atoms with Crippen molar-refractivity contribution in [2.24, 2.45) is 0 Å². The van der Waals surface area contributed by atoms with E-state index in [0.717, 1.165) is 90.8 Å². The summed E-state index contributed by atoms with van der Waals surface area (Å²) in [5.74, 6) is 0.117. The molecule has 5 aromatic rings. The van der Waals surface area contributed by atoms with Crippen molar-refractivity contribution < 1.29 is 23.9 Å². The lowest BCUT2D eigenvalue weighted by atomic mass is 9.95. The summed E-state index contributed by atoms with van der Waals surface area (Å²) in [6.07, 6.45) is 2.25. The van der Waals surface area contributed by atoms with Crippen molar-refractivity contribution in [2.45, 2.75) is 76.8 Å². The highest BCUT2D eigenvalue weighted by Crippen LogP contribution is 2.41. The van der Waals surface area contributed by atoms with Gasteiger partial charge in [-0.05, 0) is 96.9 Å². The summed E-state index contributed by atoms with van der Waals surface area (Å²) in [4.78, 5) is 45.7. The van der Waals surface area contributed by atoms with Gasteiger partial charge in [-0.3, -0.25) is 14.9 Å². The van der Waals surface area contributed by atoms with Crippen molar-refractivity contribution in [1.29, 1.82) is 0 Å². The molecule has 1 fully saturated rings. The van der Waals surface area contributed by atoms with Crippen molar-refractivity contribution in [2.75, 3.05) is 51.1 Å². The molecule has 2 amide bonds. The number of likely N-dealkylation sites (tertiary alicyclic amines) is 1. The van der Waals surface area contributed by atoms with E-state index < -0.39 is 14.4 Å². The fourth-order valence-corrected chi connectivity index (χ4v) is 9.25. The van der Waals surface area contributed by atoms with E-state index in [1.165, 1.54) is 11.6 Å². The van der Waals surface area contributed by atoms with Gasteiger partial charge in [-0.25, -0.2) is 4.79 Å². The van der Waals surface area contributed by atoms with E-state index in [2.05, 4.69) is 66.5 Å². The maximum absolute atomic E-state index is 13.6. The molecule has 1 saturated heterocycles. The topological polar surface area (TPSA) is 136 Å². The first-order valence-electron chi connectivity index (χ1n) is 21.2. The average molecular weight is 830 g/mol. The third-order valence-electron chi connectivity index (χ3n) is 12.5. The second kappa shape index (κ2) is 18.6. The molecule has 0 saturated carbocycles. The Morgan fingerprint density at radius 3 is 2.42 bits per heavy atom. The van der Waals surface area contributed by atoms with Gasteiger partial charge >= 0.3 is 6.09 Å². The highest BCUT2D eigenvalue weighted by Gasteiger charge is 2.40. The predicted molar refractivity (Wildman–Crippen MR) is 241 cm³/mol. The Hall–Kier alpha value is -5.27. The van der Waals surface area contributed by atoms with E-state index in [1.54, 1.807) is 12.1 Å². The number of hydrogen-bond donors (Lipinski definition) is 4. The molecule has 4 N–H and O–H groups in total. The molecule has 3 heterocycles. The number of nitrogens with zero attached hydrogens (tertiary/aromatic N) is 2. The number of aromatic nitrogens is 1. The smallest absolute Gasteiger partial charge is 0.411 e. The number of ether oxygens (including phenoxy) is 1. The number of H-pyrrole nitrogens is 1. The van der Waals surface area contributed by atoms with Crippen LogP contribution in [-0.2, 0) is 22.0 Å². The summed E-state index contributed by atoms with van der Waals surface area (Å²) in [6, 6.07) is 30.7. The number of amides is 2. The molecular formula is C48H59N5O6Si. The minimum atomic E-state index is -2.19. The van der Waals surface area contributed by atoms with Crippen molar-refractivity contribution >= 4 is 36.9 Å². The molecule has 11 nitrogen and oxygen atoms in total. The Morgan fingerprint density at radius 2 is 1.65 bits per heavy atom. The molecule has 0 spiro atoms. The standard InChI is InChI=1S/C48H59N5O6Si/c1-48(2,3)60(4,5)59-43(39-17-19-42(54)45-40(39)18-20-44(55)51-45)32-49-25-21-33-15-16-38-35(31-33)22-28-53(46(38)56)30-29-52-26-23-36(24-27-52)58-47(57)50-41-14-10-9-13-37(41)34-11-7-6-8-12-34/h6-20,31,36,43,49,54H,21-30,32H2,1-5H3,(H,50,57)(H,51,55)/t43-/m0/s1. The number of nitrogens with one attached hydrogen (secondary N) is 3. The summed E-state index contributed by atoms with van der Waals surface area (Å²) < 4.78 is 12.8. The summed E-state index contributed by atoms with van der Waals surface area (Å²) in [6.45, 7) is 16.2. The second-order valence-electron chi connectivity index (χ2n) is 17.6. The molecule has 12 heteroatoms. The number of para-hydroxylation sites is 1. The van der Waals surface area contributed by atoms with Crippen LogP contribution in [-0.4, -0.2) is 92.1 Å². The van der Waals surface area contributed by atoms with Crippen LogP contribution < -0.4 is 16.2 Å². The first kappa shape index (κ1) is 42.8. The largest absolute Gasteiger partial charge is 0.506 e. The Bertz CT molecular complexity index is 2350. The normalized spacial score (nSPS) is 15.8. The number of anilines is 1. The number of carbonyl (C=O) groups excluding carboxylic acids is 2. The lowest BCUT2D eigenvalue weighted by Crippen LogP contribution is -2.45. The van der Waals surface area contributed by atoms with Crippen LogP contribution in [0.1, 0.15) is 66.8 Å². The van der Waals surface area contributed by atoms with Crippen LogP contribution in [0.4, 0.5) is 10.5 Å². The molecule has 1 aromatic heterocycles. The molecule has 7 rings (SSSR count). The zero-order valence-corrected chi connectivity index (χ0v) is 36.6. The van der Waals surface area contributed by atoms with Crippen molar-refractivity contribution in [1.82, 2.24) is 20.1 Å². The predicted octanol–water partition coefficient (Wildman–Crippen LogP) is 8.51. The monoisotopic (exact) mass is 829 g/mol. The lowest BCUT2D eigenvalue weighted by molar-refractivity contribution is 0.0517. The average Bonchev–Trinajstić information content (AvgIpc) is 3.22. The zero-order valence-electron chi connectivity index (χ0n) is 35.6. The van der Waals surface area contributed by atoms with E-state index in [1.807, 2.05) is 71.6 Å². The minimum Gasteiger partial charge on any atom is -0.506 e. The summed E-state index contributed by atoms with van der Waals surface area (Å²) in [5, 5.41) is 17.9. The van der Waals surface area contributed by atoms with Crippen LogP contribution in [0.15, 0.2) is 102 Å². The number of phenolic OH excluding ortho intramolecular Hbond substituents is 1. The summed E-state index contributed by atoms with van der Waals surface area (Å²) in [7, 11) is -2.19. The van der Waals surface area contributed by atoms with Gasteiger partial charge in [0.05, 0.1) is 17.3 Å². The van der Waals surface area contributed by atoms with E-state index in [9.17, 15) is 19.5 Å². The Morgan fingerprint density at radius 1 is 0.900 bits per heavy atom. The van der Waals surface area contributed by atoms with Gasteiger partial charge in [0, 0.05) is 61.8 Å². The number of benzene rings is 4. The maximum Gasteiger partial charge on any atom is 0.411 e.